The van der Waals surface area contributed by atoms with Gasteiger partial charge >= 0.3 is 0 Å². The lowest BCUT2D eigenvalue weighted by Gasteiger charge is -2.35. The van der Waals surface area contributed by atoms with Crippen LogP contribution < -0.4 is 0 Å². The molecule has 1 fully saturated rings. The number of fused-ring (bicyclic) bond motifs is 1. The van der Waals surface area contributed by atoms with Gasteiger partial charge in [-0.25, -0.2) is 4.98 Å². The van der Waals surface area contributed by atoms with Gasteiger partial charge in [0, 0.05) is 24.4 Å². The third kappa shape index (κ3) is 2.11. The summed E-state index contributed by atoms with van der Waals surface area (Å²) < 4.78 is 2.08. The van der Waals surface area contributed by atoms with E-state index in [0.717, 1.165) is 29.9 Å². The normalized spacial score (nSPS) is 19.8. The number of hydrogen-bond acceptors (Lipinski definition) is 3. The number of aromatic nitrogens is 2. The van der Waals surface area contributed by atoms with Crippen molar-refractivity contribution in [2.45, 2.75) is 38.5 Å². The lowest BCUT2D eigenvalue weighted by Crippen LogP contribution is -2.30. The summed E-state index contributed by atoms with van der Waals surface area (Å²) in [6, 6.07) is 0. The van der Waals surface area contributed by atoms with E-state index >= 15 is 0 Å². The van der Waals surface area contributed by atoms with Crippen LogP contribution in [0.5, 0.6) is 0 Å². The highest BCUT2D eigenvalue weighted by molar-refractivity contribution is 7.15. The van der Waals surface area contributed by atoms with Gasteiger partial charge in [0.15, 0.2) is 4.96 Å². The molecule has 0 saturated heterocycles. The van der Waals surface area contributed by atoms with Crippen LogP contribution in [-0.4, -0.2) is 21.1 Å². The molecule has 0 radical (unpaired) electrons. The molecule has 0 aliphatic heterocycles. The van der Waals surface area contributed by atoms with E-state index in [0.29, 0.717) is 6.61 Å². The van der Waals surface area contributed by atoms with Gasteiger partial charge in [0.05, 0.1) is 5.69 Å². The highest BCUT2D eigenvalue weighted by atomic mass is 32.1. The summed E-state index contributed by atoms with van der Waals surface area (Å²) in [6.07, 6.45) is 11.2. The minimum atomic E-state index is 0.0995. The molecule has 0 unspecified atom stereocenters. The minimum Gasteiger partial charge on any atom is -0.396 e. The van der Waals surface area contributed by atoms with Crippen LogP contribution in [0, 0.1) is 5.41 Å². The summed E-state index contributed by atoms with van der Waals surface area (Å²) >= 11 is 1.67. The maximum absolute atomic E-state index is 9.70. The molecular weight excluding hydrogens is 232 g/mol. The van der Waals surface area contributed by atoms with Crippen molar-refractivity contribution in [3.63, 3.8) is 0 Å². The molecule has 17 heavy (non-hydrogen) atoms. The van der Waals surface area contributed by atoms with Gasteiger partial charge in [-0.05, 0) is 24.7 Å². The number of thiazole rings is 1. The lowest BCUT2D eigenvalue weighted by molar-refractivity contribution is 0.0815. The van der Waals surface area contributed by atoms with Crippen molar-refractivity contribution >= 4 is 16.3 Å². The van der Waals surface area contributed by atoms with Crippen molar-refractivity contribution in [2.75, 3.05) is 6.61 Å². The van der Waals surface area contributed by atoms with Crippen molar-refractivity contribution < 1.29 is 5.11 Å². The predicted molar refractivity (Wildman–Crippen MR) is 69.4 cm³/mol. The summed E-state index contributed by atoms with van der Waals surface area (Å²) in [6.45, 7) is 0.304. The zero-order valence-electron chi connectivity index (χ0n) is 9.93. The van der Waals surface area contributed by atoms with E-state index in [1.165, 1.54) is 19.3 Å². The van der Waals surface area contributed by atoms with Gasteiger partial charge in [-0.1, -0.05) is 19.3 Å². The van der Waals surface area contributed by atoms with Crippen molar-refractivity contribution in [1.29, 1.82) is 0 Å². The zero-order chi connectivity index (χ0) is 11.7. The van der Waals surface area contributed by atoms with Gasteiger partial charge in [-0.15, -0.1) is 11.3 Å². The fraction of sp³-hybridized carbons (Fsp3) is 0.615. The predicted octanol–water partition coefficient (Wildman–Crippen LogP) is 2.88. The molecule has 0 atom stereocenters. The van der Waals surface area contributed by atoms with Crippen LogP contribution in [0.25, 0.3) is 4.96 Å². The van der Waals surface area contributed by atoms with Crippen LogP contribution in [0.2, 0.25) is 0 Å². The molecule has 0 aromatic carbocycles. The first-order valence-electron chi connectivity index (χ1n) is 6.33. The summed E-state index contributed by atoms with van der Waals surface area (Å²) in [5, 5.41) is 11.7. The Morgan fingerprint density at radius 1 is 1.35 bits per heavy atom. The van der Waals surface area contributed by atoms with Crippen molar-refractivity contribution in [3.05, 3.63) is 23.5 Å². The SMILES string of the molecule is OCC1(Cc2cn3ccsc3n2)CCCCC1. The largest absolute Gasteiger partial charge is 0.396 e. The molecular formula is C13H18N2OS. The molecule has 3 nitrogen and oxygen atoms in total. The average Bonchev–Trinajstić information content (AvgIpc) is 2.91. The second-order valence-electron chi connectivity index (χ2n) is 5.22. The molecule has 2 aromatic rings. The first kappa shape index (κ1) is 11.2. The first-order chi connectivity index (χ1) is 8.31. The van der Waals surface area contributed by atoms with E-state index in [4.69, 9.17) is 0 Å². The van der Waals surface area contributed by atoms with Crippen molar-refractivity contribution in [1.82, 2.24) is 9.38 Å². The second-order valence-corrected chi connectivity index (χ2v) is 6.09. The zero-order valence-corrected chi connectivity index (χ0v) is 10.7. The average molecular weight is 250 g/mol. The van der Waals surface area contributed by atoms with Crippen LogP contribution >= 0.6 is 11.3 Å². The van der Waals surface area contributed by atoms with Gasteiger partial charge in [-0.3, -0.25) is 4.40 Å². The Bertz CT molecular complexity index is 468. The van der Waals surface area contributed by atoms with E-state index in [9.17, 15) is 5.11 Å². The fourth-order valence-electron chi connectivity index (χ4n) is 2.94. The Hall–Kier alpha value is -0.870. The second kappa shape index (κ2) is 4.42. The van der Waals surface area contributed by atoms with Gasteiger partial charge < -0.3 is 5.11 Å². The molecule has 2 aromatic heterocycles. The Kier molecular flexibility index (Phi) is 2.92. The summed E-state index contributed by atoms with van der Waals surface area (Å²) in [5.74, 6) is 0. The molecule has 1 aliphatic carbocycles. The molecule has 1 saturated carbocycles. The molecule has 3 rings (SSSR count). The standard InChI is InChI=1S/C13H18N2OS/c16-10-13(4-2-1-3-5-13)8-11-9-15-6-7-17-12(15)14-11/h6-7,9,16H,1-5,8,10H2. The van der Waals surface area contributed by atoms with E-state index in [2.05, 4.69) is 21.0 Å². The van der Waals surface area contributed by atoms with E-state index in [-0.39, 0.29) is 5.41 Å². The Labute approximate surface area is 105 Å². The third-order valence-corrected chi connectivity index (χ3v) is 4.72. The Balaban J connectivity index is 1.82. The molecule has 4 heteroatoms. The number of hydrogen-bond donors (Lipinski definition) is 1. The first-order valence-corrected chi connectivity index (χ1v) is 7.21. The molecule has 2 heterocycles. The van der Waals surface area contributed by atoms with Crippen molar-refractivity contribution in [2.24, 2.45) is 5.41 Å². The van der Waals surface area contributed by atoms with Crippen LogP contribution in [-0.2, 0) is 6.42 Å². The molecule has 1 aliphatic rings. The topological polar surface area (TPSA) is 37.5 Å². The van der Waals surface area contributed by atoms with Crippen LogP contribution in [0.4, 0.5) is 0 Å². The maximum Gasteiger partial charge on any atom is 0.193 e. The monoisotopic (exact) mass is 250 g/mol. The van der Waals surface area contributed by atoms with E-state index in [1.807, 2.05) is 6.20 Å². The van der Waals surface area contributed by atoms with E-state index < -0.39 is 0 Å². The summed E-state index contributed by atoms with van der Waals surface area (Å²) in [4.78, 5) is 5.69. The van der Waals surface area contributed by atoms with Gasteiger partial charge in [0.1, 0.15) is 0 Å². The molecule has 1 N–H and O–H groups in total. The van der Waals surface area contributed by atoms with E-state index in [1.54, 1.807) is 11.3 Å². The van der Waals surface area contributed by atoms with Gasteiger partial charge in [0.2, 0.25) is 0 Å². The highest BCUT2D eigenvalue weighted by Crippen LogP contribution is 2.38. The quantitative estimate of drug-likeness (QED) is 0.909. The third-order valence-electron chi connectivity index (χ3n) is 3.95. The molecule has 0 bridgehead atoms. The molecule has 92 valence electrons. The van der Waals surface area contributed by atoms with Crippen LogP contribution in [0.15, 0.2) is 17.8 Å². The Morgan fingerprint density at radius 3 is 2.88 bits per heavy atom. The highest BCUT2D eigenvalue weighted by Gasteiger charge is 2.32. The smallest absolute Gasteiger partial charge is 0.193 e. The van der Waals surface area contributed by atoms with Gasteiger partial charge in [0.25, 0.3) is 0 Å². The lowest BCUT2D eigenvalue weighted by atomic mass is 9.72. The number of rotatable bonds is 3. The number of aliphatic hydroxyl groups excluding tert-OH is 1. The fourth-order valence-corrected chi connectivity index (χ4v) is 3.66. The minimum absolute atomic E-state index is 0.0995. The van der Waals surface area contributed by atoms with Gasteiger partial charge in [-0.2, -0.15) is 0 Å². The van der Waals surface area contributed by atoms with Crippen LogP contribution in [0.3, 0.4) is 0 Å². The number of nitrogens with zero attached hydrogens (tertiary/aromatic N) is 2. The number of imidazole rings is 1. The van der Waals surface area contributed by atoms with Crippen molar-refractivity contribution in [3.8, 4) is 0 Å². The summed E-state index contributed by atoms with van der Waals surface area (Å²) in [5.41, 5.74) is 1.23. The maximum atomic E-state index is 9.70. The van der Waals surface area contributed by atoms with Crippen LogP contribution in [0.1, 0.15) is 37.8 Å². The molecule has 0 spiro atoms. The number of aliphatic hydroxyl groups is 1. The molecule has 0 amide bonds. The Morgan fingerprint density at radius 2 is 2.18 bits per heavy atom. The summed E-state index contributed by atoms with van der Waals surface area (Å²) in [7, 11) is 0.